The molecule has 2 N–H and O–H groups in total. The van der Waals surface area contributed by atoms with E-state index in [1.54, 1.807) is 30.3 Å². The van der Waals surface area contributed by atoms with Crippen molar-refractivity contribution in [3.8, 4) is 0 Å². The first-order valence-corrected chi connectivity index (χ1v) is 6.81. The molecule has 8 heteroatoms. The lowest BCUT2D eigenvalue weighted by Gasteiger charge is -2.13. The molecular formula is C15H15N3O5. The number of esters is 1. The van der Waals surface area contributed by atoms with Crippen molar-refractivity contribution in [3.63, 3.8) is 0 Å². The Bertz CT molecular complexity index is 810. The van der Waals surface area contributed by atoms with Gasteiger partial charge in [-0.05, 0) is 19.1 Å². The largest absolute Gasteiger partial charge is 0.451 e. The third-order valence-electron chi connectivity index (χ3n) is 2.92. The molecule has 2 aromatic rings. The molecule has 1 amide bonds. The van der Waals surface area contributed by atoms with Crippen LogP contribution < -0.4 is 16.6 Å². The summed E-state index contributed by atoms with van der Waals surface area (Å²) in [6, 6.07) is 9.84. The van der Waals surface area contributed by atoms with Crippen molar-refractivity contribution in [3.05, 3.63) is 63.4 Å². The lowest BCUT2D eigenvalue weighted by atomic mass is 10.3. The van der Waals surface area contributed by atoms with Gasteiger partial charge < -0.3 is 10.1 Å². The average Bonchev–Trinajstić information content (AvgIpc) is 2.51. The average molecular weight is 317 g/mol. The summed E-state index contributed by atoms with van der Waals surface area (Å²) in [5.74, 6) is -1.26. The van der Waals surface area contributed by atoms with Crippen molar-refractivity contribution in [2.75, 3.05) is 5.32 Å². The zero-order chi connectivity index (χ0) is 16.8. The monoisotopic (exact) mass is 317 g/mol. The van der Waals surface area contributed by atoms with Crippen LogP contribution in [0.2, 0.25) is 0 Å². The lowest BCUT2D eigenvalue weighted by Crippen LogP contribution is -2.34. The SMILES string of the molecule is C[C@H](OC(=O)Cn1ccc(=O)[nH]c1=O)C(=O)Nc1ccccc1. The Morgan fingerprint density at radius 1 is 1.22 bits per heavy atom. The summed E-state index contributed by atoms with van der Waals surface area (Å²) < 4.78 is 5.95. The quantitative estimate of drug-likeness (QED) is 0.760. The Morgan fingerprint density at radius 2 is 1.91 bits per heavy atom. The molecule has 1 heterocycles. The molecule has 1 aromatic carbocycles. The standard InChI is InChI=1S/C15H15N3O5/c1-10(14(21)16-11-5-3-2-4-6-11)23-13(20)9-18-8-7-12(19)17-15(18)22/h2-8,10H,9H2,1H3,(H,16,21)(H,17,19,22)/t10-/m0/s1. The van der Waals surface area contributed by atoms with Gasteiger partial charge in [0.05, 0.1) is 0 Å². The first-order valence-electron chi connectivity index (χ1n) is 6.81. The molecule has 0 saturated heterocycles. The van der Waals surface area contributed by atoms with Crippen LogP contribution in [0.25, 0.3) is 0 Å². The smallest absolute Gasteiger partial charge is 0.328 e. The Kier molecular flexibility index (Phi) is 5.08. The highest BCUT2D eigenvalue weighted by molar-refractivity contribution is 5.95. The predicted octanol–water partition coefficient (Wildman–Crippen LogP) is 0.107. The minimum atomic E-state index is -1.03. The molecule has 0 unspecified atom stereocenters. The van der Waals surface area contributed by atoms with Crippen molar-refractivity contribution in [2.24, 2.45) is 0 Å². The molecule has 0 aliphatic rings. The number of nitrogens with one attached hydrogen (secondary N) is 2. The molecule has 0 aliphatic carbocycles. The number of hydrogen-bond donors (Lipinski definition) is 2. The van der Waals surface area contributed by atoms with E-state index in [0.717, 1.165) is 10.6 Å². The zero-order valence-electron chi connectivity index (χ0n) is 12.3. The number of aromatic amines is 1. The van der Waals surface area contributed by atoms with Crippen LogP contribution in [0.3, 0.4) is 0 Å². The van der Waals surface area contributed by atoms with Gasteiger partial charge in [-0.2, -0.15) is 0 Å². The van der Waals surface area contributed by atoms with Gasteiger partial charge in [0.1, 0.15) is 6.54 Å². The number of aromatic nitrogens is 2. The molecule has 2 rings (SSSR count). The van der Waals surface area contributed by atoms with Crippen LogP contribution in [-0.2, 0) is 20.9 Å². The fourth-order valence-corrected chi connectivity index (χ4v) is 1.76. The molecule has 0 spiro atoms. The van der Waals surface area contributed by atoms with Gasteiger partial charge in [0.15, 0.2) is 6.10 Å². The summed E-state index contributed by atoms with van der Waals surface area (Å²) in [7, 11) is 0. The van der Waals surface area contributed by atoms with Crippen LogP contribution in [0.1, 0.15) is 6.92 Å². The van der Waals surface area contributed by atoms with Gasteiger partial charge in [-0.1, -0.05) is 18.2 Å². The molecule has 0 aliphatic heterocycles. The highest BCUT2D eigenvalue weighted by atomic mass is 16.5. The first-order chi connectivity index (χ1) is 11.0. The van der Waals surface area contributed by atoms with Gasteiger partial charge in [0.25, 0.3) is 11.5 Å². The number of carbonyl (C=O) groups excluding carboxylic acids is 2. The molecule has 8 nitrogen and oxygen atoms in total. The maximum Gasteiger partial charge on any atom is 0.328 e. The number of carbonyl (C=O) groups is 2. The molecule has 1 aromatic heterocycles. The number of anilines is 1. The van der Waals surface area contributed by atoms with E-state index in [0.29, 0.717) is 5.69 Å². The molecule has 1 atom stereocenters. The summed E-state index contributed by atoms with van der Waals surface area (Å²) in [6.07, 6.45) is 0.151. The molecule has 0 fully saturated rings. The number of nitrogens with zero attached hydrogens (tertiary/aromatic N) is 1. The molecule has 23 heavy (non-hydrogen) atoms. The fourth-order valence-electron chi connectivity index (χ4n) is 1.76. The van der Waals surface area contributed by atoms with Crippen molar-refractivity contribution in [1.29, 1.82) is 0 Å². The maximum atomic E-state index is 11.9. The predicted molar refractivity (Wildman–Crippen MR) is 81.9 cm³/mol. The highest BCUT2D eigenvalue weighted by Crippen LogP contribution is 2.06. The fraction of sp³-hybridized carbons (Fsp3) is 0.200. The van der Waals surface area contributed by atoms with Crippen molar-refractivity contribution in [2.45, 2.75) is 19.6 Å². The number of rotatable bonds is 5. The van der Waals surface area contributed by atoms with Gasteiger partial charge in [-0.3, -0.25) is 23.9 Å². The van der Waals surface area contributed by atoms with Crippen molar-refractivity contribution < 1.29 is 14.3 Å². The van der Waals surface area contributed by atoms with Crippen LogP contribution in [-0.4, -0.2) is 27.5 Å². The van der Waals surface area contributed by atoms with E-state index in [1.165, 1.54) is 13.1 Å². The molecule has 120 valence electrons. The number of H-pyrrole nitrogens is 1. The van der Waals surface area contributed by atoms with Gasteiger partial charge in [0, 0.05) is 18.0 Å². The van der Waals surface area contributed by atoms with Gasteiger partial charge in [-0.15, -0.1) is 0 Å². The number of benzene rings is 1. The molecule has 0 radical (unpaired) electrons. The van der Waals surface area contributed by atoms with Crippen LogP contribution in [0.15, 0.2) is 52.2 Å². The number of para-hydroxylation sites is 1. The second-order valence-electron chi connectivity index (χ2n) is 4.73. The van der Waals surface area contributed by atoms with E-state index in [4.69, 9.17) is 4.74 Å². The Hall–Kier alpha value is -3.16. The summed E-state index contributed by atoms with van der Waals surface area (Å²) in [6.45, 7) is 1.02. The highest BCUT2D eigenvalue weighted by Gasteiger charge is 2.18. The second kappa shape index (κ2) is 7.21. The van der Waals surface area contributed by atoms with E-state index in [1.807, 2.05) is 4.98 Å². The van der Waals surface area contributed by atoms with E-state index >= 15 is 0 Å². The van der Waals surface area contributed by atoms with Crippen LogP contribution in [0, 0.1) is 0 Å². The third-order valence-corrected chi connectivity index (χ3v) is 2.92. The molecule has 0 bridgehead atoms. The summed E-state index contributed by atoms with van der Waals surface area (Å²) >= 11 is 0. The second-order valence-corrected chi connectivity index (χ2v) is 4.73. The minimum absolute atomic E-state index is 0.404. The summed E-state index contributed by atoms with van der Waals surface area (Å²) in [5.41, 5.74) is -0.705. The topological polar surface area (TPSA) is 110 Å². The van der Waals surface area contributed by atoms with Crippen LogP contribution in [0.5, 0.6) is 0 Å². The summed E-state index contributed by atoms with van der Waals surface area (Å²) in [4.78, 5) is 48.1. The van der Waals surface area contributed by atoms with Crippen molar-refractivity contribution >= 4 is 17.6 Å². The van der Waals surface area contributed by atoms with Crippen LogP contribution in [0.4, 0.5) is 5.69 Å². The normalized spacial score (nSPS) is 11.5. The van der Waals surface area contributed by atoms with Gasteiger partial charge >= 0.3 is 11.7 Å². The zero-order valence-corrected chi connectivity index (χ0v) is 12.3. The van der Waals surface area contributed by atoms with Crippen molar-refractivity contribution in [1.82, 2.24) is 9.55 Å². The minimum Gasteiger partial charge on any atom is -0.451 e. The molecular weight excluding hydrogens is 302 g/mol. The van der Waals surface area contributed by atoms with E-state index < -0.39 is 35.8 Å². The Balaban J connectivity index is 1.92. The van der Waals surface area contributed by atoms with E-state index in [9.17, 15) is 19.2 Å². The Labute approximate surface area is 130 Å². The first kappa shape index (κ1) is 16.2. The number of ether oxygens (including phenoxy) is 1. The third kappa shape index (κ3) is 4.67. The lowest BCUT2D eigenvalue weighted by molar-refractivity contribution is -0.153. The van der Waals surface area contributed by atoms with E-state index in [-0.39, 0.29) is 0 Å². The summed E-state index contributed by atoms with van der Waals surface area (Å²) in [5, 5.41) is 2.60. The molecule has 0 saturated carbocycles. The van der Waals surface area contributed by atoms with Gasteiger partial charge in [0.2, 0.25) is 0 Å². The van der Waals surface area contributed by atoms with Gasteiger partial charge in [-0.25, -0.2) is 4.79 Å². The Morgan fingerprint density at radius 3 is 2.57 bits per heavy atom. The number of hydrogen-bond acceptors (Lipinski definition) is 5. The van der Waals surface area contributed by atoms with Crippen LogP contribution >= 0.6 is 0 Å². The number of amides is 1. The maximum absolute atomic E-state index is 11.9. The van der Waals surface area contributed by atoms with E-state index in [2.05, 4.69) is 5.32 Å².